The first kappa shape index (κ1) is 25.8. The standard InChI is InChI=1S/C29H35N9O3/c30-29-32-28-27(25-20-24(33-38(25)29)26-2-1-16-41-26)31-21-37(28)12-9-34-7-10-36(11-8-34)22-3-5-23(6-4-22)40-19-15-35-13-17-39-18-14-35/h1-6,16,20-21H,7-15,17-19H2,(H2,30,32). The highest BCUT2D eigenvalue weighted by atomic mass is 16.5. The number of furan rings is 1. The van der Waals surface area contributed by atoms with Gasteiger partial charge in [-0.15, -0.1) is 0 Å². The van der Waals surface area contributed by atoms with Gasteiger partial charge in [0.25, 0.3) is 0 Å². The Morgan fingerprint density at radius 1 is 0.902 bits per heavy atom. The molecule has 0 bridgehead atoms. The van der Waals surface area contributed by atoms with E-state index in [2.05, 4.69) is 58.6 Å². The molecule has 1 aromatic carbocycles. The summed E-state index contributed by atoms with van der Waals surface area (Å²) in [5, 5.41) is 4.56. The van der Waals surface area contributed by atoms with Crippen molar-refractivity contribution < 1.29 is 13.9 Å². The molecule has 7 rings (SSSR count). The van der Waals surface area contributed by atoms with E-state index in [0.717, 1.165) is 94.5 Å². The summed E-state index contributed by atoms with van der Waals surface area (Å²) in [6, 6.07) is 14.2. The number of nitrogens with zero attached hydrogens (tertiary/aromatic N) is 8. The number of piperazine rings is 1. The number of nitrogen functional groups attached to an aromatic ring is 1. The lowest BCUT2D eigenvalue weighted by Gasteiger charge is -2.36. The van der Waals surface area contributed by atoms with Crippen LogP contribution >= 0.6 is 0 Å². The van der Waals surface area contributed by atoms with Crippen LogP contribution in [-0.2, 0) is 11.3 Å². The number of fused-ring (bicyclic) bond motifs is 3. The van der Waals surface area contributed by atoms with Crippen LogP contribution in [-0.4, -0.2) is 106 Å². The molecule has 12 heteroatoms. The minimum atomic E-state index is 0.328. The molecule has 2 aliphatic rings. The molecule has 12 nitrogen and oxygen atoms in total. The highest BCUT2D eigenvalue weighted by Gasteiger charge is 2.20. The van der Waals surface area contributed by atoms with Gasteiger partial charge in [-0.25, -0.2) is 4.98 Å². The second-order valence-corrected chi connectivity index (χ2v) is 10.5. The minimum Gasteiger partial charge on any atom is -0.492 e. The number of hydrogen-bond acceptors (Lipinski definition) is 10. The van der Waals surface area contributed by atoms with E-state index in [1.54, 1.807) is 10.8 Å². The Hall–Kier alpha value is -4.13. The first-order chi connectivity index (χ1) is 20.2. The summed E-state index contributed by atoms with van der Waals surface area (Å²) in [4.78, 5) is 16.6. The summed E-state index contributed by atoms with van der Waals surface area (Å²) in [6.45, 7) is 10.9. The molecule has 0 amide bonds. The number of hydrogen-bond donors (Lipinski definition) is 1. The Morgan fingerprint density at radius 2 is 1.71 bits per heavy atom. The molecule has 0 atom stereocenters. The third kappa shape index (κ3) is 5.45. The van der Waals surface area contributed by atoms with Gasteiger partial charge in [0.05, 0.1) is 25.8 Å². The predicted octanol–water partition coefficient (Wildman–Crippen LogP) is 2.45. The average Bonchev–Trinajstić information content (AvgIpc) is 3.78. The number of morpholine rings is 1. The molecule has 2 aliphatic heterocycles. The van der Waals surface area contributed by atoms with E-state index in [4.69, 9.17) is 19.6 Å². The van der Waals surface area contributed by atoms with Crippen LogP contribution in [0, 0.1) is 0 Å². The van der Waals surface area contributed by atoms with Crippen molar-refractivity contribution in [3.63, 3.8) is 0 Å². The molecule has 0 spiro atoms. The molecule has 4 aromatic heterocycles. The maximum Gasteiger partial charge on any atom is 0.223 e. The molecule has 2 fully saturated rings. The van der Waals surface area contributed by atoms with Crippen molar-refractivity contribution in [3.05, 3.63) is 55.1 Å². The third-order valence-corrected chi connectivity index (χ3v) is 7.98. The highest BCUT2D eigenvalue weighted by Crippen LogP contribution is 2.26. The maximum absolute atomic E-state index is 6.28. The first-order valence-electron chi connectivity index (χ1n) is 14.3. The SMILES string of the molecule is Nc1nc2c(ncn2CCN2CCN(c3ccc(OCCN4CCOCC4)cc3)CC2)c2cc(-c3ccco3)nn12. The number of imidazole rings is 1. The number of benzene rings is 1. The van der Waals surface area contributed by atoms with Gasteiger partial charge >= 0.3 is 0 Å². The number of anilines is 2. The molecule has 2 N–H and O–H groups in total. The lowest BCUT2D eigenvalue weighted by Crippen LogP contribution is -2.47. The summed E-state index contributed by atoms with van der Waals surface area (Å²) < 4.78 is 20.6. The van der Waals surface area contributed by atoms with E-state index in [9.17, 15) is 0 Å². The van der Waals surface area contributed by atoms with Gasteiger partial charge in [-0.3, -0.25) is 9.80 Å². The number of rotatable bonds is 9. The highest BCUT2D eigenvalue weighted by molar-refractivity contribution is 5.90. The van der Waals surface area contributed by atoms with E-state index >= 15 is 0 Å². The van der Waals surface area contributed by atoms with E-state index in [1.165, 1.54) is 5.69 Å². The van der Waals surface area contributed by atoms with Crippen LogP contribution in [0.25, 0.3) is 28.1 Å². The number of ether oxygens (including phenoxy) is 2. The van der Waals surface area contributed by atoms with Crippen molar-refractivity contribution in [1.29, 1.82) is 0 Å². The molecular weight excluding hydrogens is 522 g/mol. The maximum atomic E-state index is 6.28. The monoisotopic (exact) mass is 557 g/mol. The Kier molecular flexibility index (Phi) is 7.17. The smallest absolute Gasteiger partial charge is 0.223 e. The zero-order valence-electron chi connectivity index (χ0n) is 23.1. The summed E-state index contributed by atoms with van der Waals surface area (Å²) >= 11 is 0. The lowest BCUT2D eigenvalue weighted by molar-refractivity contribution is 0.0322. The first-order valence-corrected chi connectivity index (χ1v) is 14.3. The quantitative estimate of drug-likeness (QED) is 0.290. The van der Waals surface area contributed by atoms with Crippen LogP contribution in [0.1, 0.15) is 0 Å². The van der Waals surface area contributed by atoms with Gasteiger partial charge in [-0.2, -0.15) is 14.6 Å². The number of nitrogens with two attached hydrogens (primary N) is 1. The van der Waals surface area contributed by atoms with Crippen molar-refractivity contribution in [2.75, 3.05) is 82.8 Å². The summed E-state index contributed by atoms with van der Waals surface area (Å²) in [6.07, 6.45) is 3.48. The van der Waals surface area contributed by atoms with Crippen LogP contribution < -0.4 is 15.4 Å². The number of aromatic nitrogens is 5. The summed E-state index contributed by atoms with van der Waals surface area (Å²) in [7, 11) is 0. The van der Waals surface area contributed by atoms with Crippen LogP contribution in [0.15, 0.2) is 59.5 Å². The van der Waals surface area contributed by atoms with E-state index in [1.807, 2.05) is 24.5 Å². The summed E-state index contributed by atoms with van der Waals surface area (Å²) in [5.74, 6) is 1.94. The zero-order valence-corrected chi connectivity index (χ0v) is 23.1. The molecule has 0 radical (unpaired) electrons. The predicted molar refractivity (Wildman–Crippen MR) is 156 cm³/mol. The van der Waals surface area contributed by atoms with Crippen LogP contribution in [0.3, 0.4) is 0 Å². The van der Waals surface area contributed by atoms with E-state index < -0.39 is 0 Å². The molecule has 6 heterocycles. The van der Waals surface area contributed by atoms with Gasteiger partial charge in [-0.05, 0) is 42.5 Å². The van der Waals surface area contributed by atoms with Crippen LogP contribution in [0.4, 0.5) is 11.6 Å². The largest absolute Gasteiger partial charge is 0.492 e. The van der Waals surface area contributed by atoms with Gasteiger partial charge in [0.1, 0.15) is 29.1 Å². The van der Waals surface area contributed by atoms with E-state index in [0.29, 0.717) is 24.0 Å². The normalized spacial score (nSPS) is 17.1. The molecule has 0 aliphatic carbocycles. The fourth-order valence-electron chi connectivity index (χ4n) is 5.61. The lowest BCUT2D eigenvalue weighted by atomic mass is 10.2. The van der Waals surface area contributed by atoms with Crippen molar-refractivity contribution in [1.82, 2.24) is 33.9 Å². The average molecular weight is 558 g/mol. The molecule has 2 saturated heterocycles. The van der Waals surface area contributed by atoms with Crippen molar-refractivity contribution in [2.24, 2.45) is 0 Å². The van der Waals surface area contributed by atoms with Crippen LogP contribution in [0.5, 0.6) is 5.75 Å². The van der Waals surface area contributed by atoms with Crippen molar-refractivity contribution in [2.45, 2.75) is 6.54 Å². The Labute approximate surface area is 237 Å². The second kappa shape index (κ2) is 11.4. The Balaban J connectivity index is 0.924. The summed E-state index contributed by atoms with van der Waals surface area (Å²) in [5.41, 5.74) is 10.6. The fraction of sp³-hybridized carbons (Fsp3) is 0.414. The zero-order chi connectivity index (χ0) is 27.6. The molecular formula is C29H35N9O3. The van der Waals surface area contributed by atoms with Crippen molar-refractivity contribution >= 4 is 28.3 Å². The van der Waals surface area contributed by atoms with Crippen molar-refractivity contribution in [3.8, 4) is 17.2 Å². The molecule has 214 valence electrons. The topological polar surface area (TPSA) is 115 Å². The van der Waals surface area contributed by atoms with Gasteiger partial charge < -0.3 is 29.1 Å². The molecule has 5 aromatic rings. The van der Waals surface area contributed by atoms with E-state index in [-0.39, 0.29) is 0 Å². The molecule has 0 saturated carbocycles. The van der Waals surface area contributed by atoms with Gasteiger partial charge in [-0.1, -0.05) is 0 Å². The second-order valence-electron chi connectivity index (χ2n) is 10.5. The molecule has 41 heavy (non-hydrogen) atoms. The third-order valence-electron chi connectivity index (χ3n) is 7.98. The van der Waals surface area contributed by atoms with Gasteiger partial charge in [0.2, 0.25) is 5.95 Å². The Morgan fingerprint density at radius 3 is 2.49 bits per heavy atom. The molecule has 0 unspecified atom stereocenters. The fourth-order valence-corrected chi connectivity index (χ4v) is 5.61. The van der Waals surface area contributed by atoms with Gasteiger partial charge in [0, 0.05) is 64.6 Å². The minimum absolute atomic E-state index is 0.328. The Bertz CT molecular complexity index is 1580. The van der Waals surface area contributed by atoms with Gasteiger partial charge in [0.15, 0.2) is 11.4 Å². The van der Waals surface area contributed by atoms with Crippen LogP contribution in [0.2, 0.25) is 0 Å².